The molecule has 1 unspecified atom stereocenters. The fourth-order valence-corrected chi connectivity index (χ4v) is 2.79. The van der Waals surface area contributed by atoms with Crippen molar-refractivity contribution in [1.29, 1.82) is 0 Å². The molecule has 9 nitrogen and oxygen atoms in total. The van der Waals surface area contributed by atoms with Gasteiger partial charge in [0.15, 0.2) is 0 Å². The van der Waals surface area contributed by atoms with Gasteiger partial charge in [-0.25, -0.2) is 9.78 Å². The average Bonchev–Trinajstić information content (AvgIpc) is 3.26. The van der Waals surface area contributed by atoms with Crippen LogP contribution in [0.25, 0.3) is 0 Å². The van der Waals surface area contributed by atoms with Crippen LogP contribution in [-0.2, 0) is 22.6 Å². The van der Waals surface area contributed by atoms with Crippen LogP contribution in [0.15, 0.2) is 36.8 Å². The summed E-state index contributed by atoms with van der Waals surface area (Å²) in [6.45, 7) is 0.568. The highest BCUT2D eigenvalue weighted by Gasteiger charge is 2.38. The van der Waals surface area contributed by atoms with Crippen LogP contribution in [0.3, 0.4) is 0 Å². The van der Waals surface area contributed by atoms with Gasteiger partial charge in [-0.05, 0) is 17.7 Å². The van der Waals surface area contributed by atoms with Gasteiger partial charge in [-0.3, -0.25) is 14.5 Å². The monoisotopic (exact) mass is 371 g/mol. The average molecular weight is 371 g/mol. The molecule has 9 heteroatoms. The van der Waals surface area contributed by atoms with Crippen molar-refractivity contribution < 1.29 is 19.1 Å². The fraction of sp³-hybridized carbons (Fsp3) is 0.333. The van der Waals surface area contributed by atoms with E-state index in [9.17, 15) is 14.4 Å². The number of carbonyl (C=O) groups excluding carboxylic acids is 3. The van der Waals surface area contributed by atoms with Crippen LogP contribution in [0.1, 0.15) is 17.7 Å². The highest BCUT2D eigenvalue weighted by molar-refractivity contribution is 6.05. The first kappa shape index (κ1) is 18.4. The second kappa shape index (κ2) is 8.35. The van der Waals surface area contributed by atoms with Gasteiger partial charge < -0.3 is 20.4 Å². The summed E-state index contributed by atoms with van der Waals surface area (Å²) in [5.41, 5.74) is 1.70. The molecule has 1 aliphatic rings. The number of nitrogens with zero attached hydrogens (tertiary/aromatic N) is 2. The van der Waals surface area contributed by atoms with Crippen molar-refractivity contribution in [2.75, 3.05) is 13.7 Å². The number of amides is 4. The van der Waals surface area contributed by atoms with E-state index in [1.165, 1.54) is 0 Å². The van der Waals surface area contributed by atoms with E-state index >= 15 is 0 Å². The number of urea groups is 1. The Labute approximate surface area is 156 Å². The Hall–Kier alpha value is -3.36. The molecule has 3 N–H and O–H groups in total. The molecule has 1 saturated heterocycles. The predicted molar refractivity (Wildman–Crippen MR) is 95.8 cm³/mol. The summed E-state index contributed by atoms with van der Waals surface area (Å²) in [5, 5.41) is 5.30. The smallest absolute Gasteiger partial charge is 0.325 e. The first-order chi connectivity index (χ1) is 13.1. The molecule has 1 aromatic carbocycles. The maximum absolute atomic E-state index is 12.5. The molecule has 0 aliphatic carbocycles. The van der Waals surface area contributed by atoms with Crippen LogP contribution in [0.2, 0.25) is 0 Å². The molecule has 27 heavy (non-hydrogen) atoms. The number of imidazole rings is 1. The van der Waals surface area contributed by atoms with E-state index in [4.69, 9.17) is 4.74 Å². The summed E-state index contributed by atoms with van der Waals surface area (Å²) in [7, 11) is 1.57. The highest BCUT2D eigenvalue weighted by Crippen LogP contribution is 2.17. The predicted octanol–water partition coefficient (Wildman–Crippen LogP) is 0.588. The molecule has 0 bridgehead atoms. The molecule has 2 aromatic rings. The molecule has 0 spiro atoms. The molecule has 142 valence electrons. The van der Waals surface area contributed by atoms with E-state index in [0.29, 0.717) is 18.7 Å². The third kappa shape index (κ3) is 4.63. The standard InChI is InChI=1S/C18H21N5O4/c1-27-14-4-2-12(3-5-14)10-23-17(25)15(22-18(23)26)8-16(24)20-7-6-13-9-19-11-21-13/h2-5,9,11,15H,6-8,10H2,1H3,(H,19,21)(H,20,24)(H,22,26). The fourth-order valence-electron chi connectivity index (χ4n) is 2.79. The van der Waals surface area contributed by atoms with Crippen molar-refractivity contribution in [2.45, 2.75) is 25.4 Å². The molecular formula is C18H21N5O4. The molecule has 2 heterocycles. The number of methoxy groups -OCH3 is 1. The van der Waals surface area contributed by atoms with Gasteiger partial charge in [0.05, 0.1) is 26.4 Å². The van der Waals surface area contributed by atoms with Gasteiger partial charge in [-0.1, -0.05) is 12.1 Å². The van der Waals surface area contributed by atoms with E-state index in [2.05, 4.69) is 20.6 Å². The zero-order valence-electron chi connectivity index (χ0n) is 14.9. The molecular weight excluding hydrogens is 350 g/mol. The number of hydrogen-bond acceptors (Lipinski definition) is 5. The minimum Gasteiger partial charge on any atom is -0.497 e. The number of benzene rings is 1. The lowest BCUT2D eigenvalue weighted by atomic mass is 10.1. The summed E-state index contributed by atoms with van der Waals surface area (Å²) in [5.74, 6) is -0.000346. The minimum atomic E-state index is -0.845. The molecule has 4 amide bonds. The van der Waals surface area contributed by atoms with Gasteiger partial charge in [0.2, 0.25) is 5.91 Å². The maximum atomic E-state index is 12.5. The van der Waals surface area contributed by atoms with Crippen LogP contribution in [-0.4, -0.2) is 52.4 Å². The quantitative estimate of drug-likeness (QED) is 0.587. The summed E-state index contributed by atoms with van der Waals surface area (Å²) >= 11 is 0. The number of ether oxygens (including phenoxy) is 1. The number of hydrogen-bond donors (Lipinski definition) is 3. The van der Waals surface area contributed by atoms with Crippen molar-refractivity contribution in [3.63, 3.8) is 0 Å². The lowest BCUT2D eigenvalue weighted by molar-refractivity contribution is -0.131. The van der Waals surface area contributed by atoms with E-state index < -0.39 is 18.0 Å². The van der Waals surface area contributed by atoms with E-state index in [0.717, 1.165) is 16.2 Å². The van der Waals surface area contributed by atoms with Crippen molar-refractivity contribution in [2.24, 2.45) is 0 Å². The third-order valence-corrected chi connectivity index (χ3v) is 4.27. The van der Waals surface area contributed by atoms with E-state index in [1.54, 1.807) is 43.9 Å². The summed E-state index contributed by atoms with van der Waals surface area (Å²) in [6, 6.07) is 5.76. The molecule has 1 aromatic heterocycles. The van der Waals surface area contributed by atoms with Crippen LogP contribution >= 0.6 is 0 Å². The van der Waals surface area contributed by atoms with Gasteiger partial charge >= 0.3 is 6.03 Å². The Morgan fingerprint density at radius 1 is 1.30 bits per heavy atom. The summed E-state index contributed by atoms with van der Waals surface area (Å²) in [4.78, 5) is 44.6. The zero-order chi connectivity index (χ0) is 19.2. The van der Waals surface area contributed by atoms with Gasteiger partial charge in [0.1, 0.15) is 11.8 Å². The number of nitrogens with one attached hydrogen (secondary N) is 3. The van der Waals surface area contributed by atoms with E-state index in [-0.39, 0.29) is 18.9 Å². The molecule has 1 atom stereocenters. The largest absolute Gasteiger partial charge is 0.497 e. The van der Waals surface area contributed by atoms with Crippen molar-refractivity contribution in [1.82, 2.24) is 25.5 Å². The number of aromatic nitrogens is 2. The second-order valence-electron chi connectivity index (χ2n) is 6.16. The van der Waals surface area contributed by atoms with Crippen LogP contribution in [0.4, 0.5) is 4.79 Å². The number of imide groups is 1. The van der Waals surface area contributed by atoms with Gasteiger partial charge in [-0.15, -0.1) is 0 Å². The van der Waals surface area contributed by atoms with Crippen LogP contribution in [0.5, 0.6) is 5.75 Å². The Morgan fingerprint density at radius 3 is 2.74 bits per heavy atom. The number of rotatable bonds is 8. The molecule has 1 fully saturated rings. The Morgan fingerprint density at radius 2 is 2.07 bits per heavy atom. The lowest BCUT2D eigenvalue weighted by Crippen LogP contribution is -2.37. The van der Waals surface area contributed by atoms with Crippen molar-refractivity contribution >= 4 is 17.8 Å². The van der Waals surface area contributed by atoms with Crippen LogP contribution in [0, 0.1) is 0 Å². The lowest BCUT2D eigenvalue weighted by Gasteiger charge is -2.13. The molecule has 0 saturated carbocycles. The second-order valence-corrected chi connectivity index (χ2v) is 6.16. The SMILES string of the molecule is COc1ccc(CN2C(=O)NC(CC(=O)NCCc3cnc[nH]3)C2=O)cc1. The summed E-state index contributed by atoms with van der Waals surface area (Å²) < 4.78 is 5.09. The zero-order valence-corrected chi connectivity index (χ0v) is 14.9. The number of carbonyl (C=O) groups is 3. The van der Waals surface area contributed by atoms with Gasteiger partial charge in [-0.2, -0.15) is 0 Å². The van der Waals surface area contributed by atoms with Crippen LogP contribution < -0.4 is 15.4 Å². The minimum absolute atomic E-state index is 0.0906. The molecule has 1 aliphatic heterocycles. The topological polar surface area (TPSA) is 116 Å². The molecule has 0 radical (unpaired) electrons. The summed E-state index contributed by atoms with van der Waals surface area (Å²) in [6.07, 6.45) is 3.78. The number of H-pyrrole nitrogens is 1. The van der Waals surface area contributed by atoms with E-state index in [1.807, 2.05) is 0 Å². The maximum Gasteiger partial charge on any atom is 0.325 e. The Balaban J connectivity index is 1.49. The molecule has 3 rings (SSSR count). The third-order valence-electron chi connectivity index (χ3n) is 4.27. The Bertz CT molecular complexity index is 804. The van der Waals surface area contributed by atoms with Gasteiger partial charge in [0, 0.05) is 24.9 Å². The number of aromatic amines is 1. The van der Waals surface area contributed by atoms with Gasteiger partial charge in [0.25, 0.3) is 5.91 Å². The first-order valence-corrected chi connectivity index (χ1v) is 8.55. The first-order valence-electron chi connectivity index (χ1n) is 8.55. The van der Waals surface area contributed by atoms with Crippen molar-refractivity contribution in [3.8, 4) is 5.75 Å². The normalized spacial score (nSPS) is 16.3. The van der Waals surface area contributed by atoms with Crippen molar-refractivity contribution in [3.05, 3.63) is 48.0 Å². The highest BCUT2D eigenvalue weighted by atomic mass is 16.5. The Kier molecular flexibility index (Phi) is 5.70.